The van der Waals surface area contributed by atoms with Crippen molar-refractivity contribution < 1.29 is 17.9 Å². The molecule has 1 saturated heterocycles. The fraction of sp³-hybridized carbons (Fsp3) is 0.421. The molecule has 1 aliphatic heterocycles. The largest absolute Gasteiger partial charge is 0.497 e. The van der Waals surface area contributed by atoms with Crippen LogP contribution < -0.4 is 4.74 Å². The van der Waals surface area contributed by atoms with Crippen molar-refractivity contribution in [1.29, 1.82) is 0 Å². The number of benzene rings is 1. The monoisotopic (exact) mass is 455 g/mol. The Bertz CT molecular complexity index is 983. The average Bonchev–Trinajstić information content (AvgIpc) is 3.07. The number of hydrogen-bond acceptors (Lipinski definition) is 7. The van der Waals surface area contributed by atoms with Gasteiger partial charge in [-0.1, -0.05) is 42.4 Å². The lowest BCUT2D eigenvalue weighted by Crippen LogP contribution is -2.41. The van der Waals surface area contributed by atoms with E-state index in [4.69, 9.17) is 16.3 Å². The summed E-state index contributed by atoms with van der Waals surface area (Å²) >= 11 is 7.63. The third kappa shape index (κ3) is 5.40. The van der Waals surface area contributed by atoms with Crippen molar-refractivity contribution in [3.8, 4) is 5.75 Å². The van der Waals surface area contributed by atoms with Gasteiger partial charge in [0.25, 0.3) is 5.91 Å². The molecular formula is C19H22ClN3O4S2. The second-order valence-corrected chi connectivity index (χ2v) is 10.5. The molecular weight excluding hydrogens is 434 g/mol. The molecule has 1 atom stereocenters. The van der Waals surface area contributed by atoms with E-state index in [1.807, 2.05) is 19.1 Å². The van der Waals surface area contributed by atoms with Gasteiger partial charge in [0.05, 0.1) is 29.8 Å². The SMILES string of the molecule is CCSc1ncc(Cl)c(C(=O)N(Cc2ccc(OC)cc2)C2CCS(=O)(=O)C2)n1. The van der Waals surface area contributed by atoms with E-state index in [1.54, 1.807) is 24.1 Å². The van der Waals surface area contributed by atoms with Gasteiger partial charge in [-0.05, 0) is 29.9 Å². The van der Waals surface area contributed by atoms with Gasteiger partial charge in [-0.25, -0.2) is 18.4 Å². The maximum atomic E-state index is 13.4. The second kappa shape index (κ2) is 9.32. The van der Waals surface area contributed by atoms with Crippen molar-refractivity contribution in [1.82, 2.24) is 14.9 Å². The maximum Gasteiger partial charge on any atom is 0.274 e. The minimum atomic E-state index is -3.17. The van der Waals surface area contributed by atoms with Gasteiger partial charge in [0.1, 0.15) is 5.75 Å². The van der Waals surface area contributed by atoms with E-state index in [0.717, 1.165) is 11.3 Å². The van der Waals surface area contributed by atoms with Crippen molar-refractivity contribution in [2.45, 2.75) is 31.1 Å². The fourth-order valence-electron chi connectivity index (χ4n) is 3.15. The zero-order chi connectivity index (χ0) is 21.0. The van der Waals surface area contributed by atoms with Gasteiger partial charge in [-0.2, -0.15) is 0 Å². The van der Waals surface area contributed by atoms with E-state index in [9.17, 15) is 13.2 Å². The van der Waals surface area contributed by atoms with Gasteiger partial charge in [0, 0.05) is 12.6 Å². The number of hydrogen-bond donors (Lipinski definition) is 0. The first-order valence-electron chi connectivity index (χ1n) is 9.12. The minimum Gasteiger partial charge on any atom is -0.497 e. The highest BCUT2D eigenvalue weighted by atomic mass is 35.5. The molecule has 0 spiro atoms. The first-order valence-corrected chi connectivity index (χ1v) is 12.3. The fourth-order valence-corrected chi connectivity index (χ4v) is 5.60. The number of amides is 1. The van der Waals surface area contributed by atoms with Gasteiger partial charge in [0.2, 0.25) is 0 Å². The van der Waals surface area contributed by atoms with Crippen molar-refractivity contribution in [2.24, 2.45) is 0 Å². The smallest absolute Gasteiger partial charge is 0.274 e. The molecule has 7 nitrogen and oxygen atoms in total. The van der Waals surface area contributed by atoms with E-state index in [-0.39, 0.29) is 28.8 Å². The third-order valence-electron chi connectivity index (χ3n) is 4.62. The number of aromatic nitrogens is 2. The highest BCUT2D eigenvalue weighted by Crippen LogP contribution is 2.26. The Morgan fingerprint density at radius 2 is 2.07 bits per heavy atom. The van der Waals surface area contributed by atoms with Gasteiger partial charge in [0.15, 0.2) is 20.7 Å². The molecule has 29 heavy (non-hydrogen) atoms. The number of thioether (sulfide) groups is 1. The summed E-state index contributed by atoms with van der Waals surface area (Å²) in [6, 6.07) is 6.88. The normalized spacial score (nSPS) is 17.8. The van der Waals surface area contributed by atoms with Crippen LogP contribution in [0.5, 0.6) is 5.75 Å². The molecule has 0 bridgehead atoms. The predicted octanol–water partition coefficient (Wildman–Crippen LogP) is 3.08. The molecule has 10 heteroatoms. The number of rotatable bonds is 7. The summed E-state index contributed by atoms with van der Waals surface area (Å²) in [4.78, 5) is 23.4. The Morgan fingerprint density at radius 3 is 2.66 bits per heavy atom. The van der Waals surface area contributed by atoms with Crippen LogP contribution in [0.4, 0.5) is 0 Å². The van der Waals surface area contributed by atoms with Crippen LogP contribution in [0.1, 0.15) is 29.4 Å². The number of nitrogens with zero attached hydrogens (tertiary/aromatic N) is 3. The minimum absolute atomic E-state index is 0.0613. The van der Waals surface area contributed by atoms with E-state index < -0.39 is 21.8 Å². The zero-order valence-electron chi connectivity index (χ0n) is 16.2. The Hall–Kier alpha value is -1.84. The lowest BCUT2D eigenvalue weighted by Gasteiger charge is -2.28. The van der Waals surface area contributed by atoms with E-state index in [1.165, 1.54) is 18.0 Å². The molecule has 2 heterocycles. The highest BCUT2D eigenvalue weighted by molar-refractivity contribution is 7.99. The lowest BCUT2D eigenvalue weighted by atomic mass is 10.1. The second-order valence-electron chi connectivity index (χ2n) is 6.62. The summed E-state index contributed by atoms with van der Waals surface area (Å²) in [6.45, 7) is 2.21. The Kier molecular flexibility index (Phi) is 7.02. The topological polar surface area (TPSA) is 89.5 Å². The zero-order valence-corrected chi connectivity index (χ0v) is 18.6. The van der Waals surface area contributed by atoms with Crippen LogP contribution in [0.3, 0.4) is 0 Å². The molecule has 1 aromatic heterocycles. The van der Waals surface area contributed by atoms with E-state index in [2.05, 4.69) is 9.97 Å². The molecule has 1 aromatic carbocycles. The van der Waals surface area contributed by atoms with Gasteiger partial charge in [-0.15, -0.1) is 0 Å². The van der Waals surface area contributed by atoms with Gasteiger partial charge >= 0.3 is 0 Å². The maximum absolute atomic E-state index is 13.4. The number of methoxy groups -OCH3 is 1. The van der Waals surface area contributed by atoms with Gasteiger partial charge < -0.3 is 9.64 Å². The first-order chi connectivity index (χ1) is 13.8. The summed E-state index contributed by atoms with van der Waals surface area (Å²) in [7, 11) is -1.59. The lowest BCUT2D eigenvalue weighted by molar-refractivity contribution is 0.0674. The Balaban J connectivity index is 1.93. The molecule has 1 unspecified atom stereocenters. The molecule has 1 amide bonds. The van der Waals surface area contributed by atoms with Gasteiger partial charge in [-0.3, -0.25) is 4.79 Å². The molecule has 2 aromatic rings. The molecule has 1 fully saturated rings. The summed E-state index contributed by atoms with van der Waals surface area (Å²) in [5.74, 6) is 1.07. The van der Waals surface area contributed by atoms with Crippen molar-refractivity contribution in [2.75, 3.05) is 24.4 Å². The average molecular weight is 456 g/mol. The van der Waals surface area contributed by atoms with Crippen LogP contribution in [0, 0.1) is 0 Å². The number of ether oxygens (including phenoxy) is 1. The number of carbonyl (C=O) groups excluding carboxylic acids is 1. The number of sulfone groups is 1. The van der Waals surface area contributed by atoms with E-state index >= 15 is 0 Å². The summed E-state index contributed by atoms with van der Waals surface area (Å²) < 4.78 is 29.2. The molecule has 3 rings (SSSR count). The molecule has 0 aliphatic carbocycles. The van der Waals surface area contributed by atoms with Crippen LogP contribution in [-0.2, 0) is 16.4 Å². The molecule has 1 aliphatic rings. The molecule has 0 radical (unpaired) electrons. The summed E-state index contributed by atoms with van der Waals surface area (Å²) in [6.07, 6.45) is 1.81. The van der Waals surface area contributed by atoms with Crippen LogP contribution >= 0.6 is 23.4 Å². The van der Waals surface area contributed by atoms with Crippen LogP contribution in [-0.4, -0.2) is 59.6 Å². The molecule has 0 saturated carbocycles. The van der Waals surface area contributed by atoms with Crippen LogP contribution in [0.15, 0.2) is 35.6 Å². The summed E-state index contributed by atoms with van der Waals surface area (Å²) in [5.41, 5.74) is 0.951. The highest BCUT2D eigenvalue weighted by Gasteiger charge is 2.36. The Morgan fingerprint density at radius 1 is 1.34 bits per heavy atom. The third-order valence-corrected chi connectivity index (χ3v) is 7.39. The number of carbonyl (C=O) groups is 1. The van der Waals surface area contributed by atoms with Crippen LogP contribution in [0.2, 0.25) is 5.02 Å². The standard InChI is InChI=1S/C19H22ClN3O4S2/c1-3-28-19-21-10-16(20)17(22-19)18(24)23(14-8-9-29(25,26)12-14)11-13-4-6-15(27-2)7-5-13/h4-7,10,14H,3,8-9,11-12H2,1-2H3. The van der Waals surface area contributed by atoms with Crippen molar-refractivity contribution >= 4 is 39.1 Å². The molecule has 0 N–H and O–H groups in total. The van der Waals surface area contributed by atoms with Crippen LogP contribution in [0.25, 0.3) is 0 Å². The van der Waals surface area contributed by atoms with Crippen molar-refractivity contribution in [3.63, 3.8) is 0 Å². The first kappa shape index (κ1) is 21.9. The quantitative estimate of drug-likeness (QED) is 0.468. The van der Waals surface area contributed by atoms with E-state index in [0.29, 0.717) is 17.3 Å². The molecule has 156 valence electrons. The number of halogens is 1. The van der Waals surface area contributed by atoms with Crippen molar-refractivity contribution in [3.05, 3.63) is 46.7 Å². The summed E-state index contributed by atoms with van der Waals surface area (Å²) in [5, 5.41) is 0.611. The predicted molar refractivity (Wildman–Crippen MR) is 113 cm³/mol. The Labute approximate surface area is 179 Å².